The zero-order valence-corrected chi connectivity index (χ0v) is 23.0. The van der Waals surface area contributed by atoms with Gasteiger partial charge >= 0.3 is 0 Å². The molecule has 0 saturated heterocycles. The Bertz CT molecular complexity index is 1760. The van der Waals surface area contributed by atoms with Crippen molar-refractivity contribution in [3.05, 3.63) is 94.5 Å². The van der Waals surface area contributed by atoms with Crippen LogP contribution in [0.1, 0.15) is 30.7 Å². The molecular formula is C27H22Cl2N2O5S2. The number of hydrogen-bond acceptors (Lipinski definition) is 5. The minimum absolute atomic E-state index is 0.0203. The largest absolute Gasteiger partial charge is 0.300 e. The fourth-order valence-corrected chi connectivity index (χ4v) is 7.05. The number of rotatable bonds is 7. The van der Waals surface area contributed by atoms with Crippen LogP contribution in [0.15, 0.2) is 88.7 Å². The number of anilines is 2. The zero-order valence-electron chi connectivity index (χ0n) is 19.8. The summed E-state index contributed by atoms with van der Waals surface area (Å²) in [4.78, 5) is 12.2. The maximum atomic E-state index is 13.4. The van der Waals surface area contributed by atoms with Gasteiger partial charge in [0.2, 0.25) is 0 Å². The Balaban J connectivity index is 1.67. The molecule has 0 aliphatic heterocycles. The van der Waals surface area contributed by atoms with Crippen molar-refractivity contribution >= 4 is 71.2 Å². The van der Waals surface area contributed by atoms with E-state index in [-0.39, 0.29) is 33.6 Å². The second kappa shape index (κ2) is 10.2. The summed E-state index contributed by atoms with van der Waals surface area (Å²) in [5.41, 5.74) is 1.13. The summed E-state index contributed by atoms with van der Waals surface area (Å²) in [7, 11) is -8.02. The second-order valence-electron chi connectivity index (χ2n) is 9.03. The molecule has 1 atom stereocenters. The fraction of sp³-hybridized carbons (Fsp3) is 0.148. The van der Waals surface area contributed by atoms with Crippen LogP contribution in [0.4, 0.5) is 11.4 Å². The average molecular weight is 590 g/mol. The van der Waals surface area contributed by atoms with E-state index >= 15 is 0 Å². The molecule has 2 N–H and O–H groups in total. The summed E-state index contributed by atoms with van der Waals surface area (Å²) >= 11 is 11.9. The van der Waals surface area contributed by atoms with Gasteiger partial charge in [0.05, 0.1) is 21.2 Å². The van der Waals surface area contributed by atoms with Crippen LogP contribution < -0.4 is 9.44 Å². The van der Waals surface area contributed by atoms with Crippen LogP contribution in [-0.4, -0.2) is 22.6 Å². The number of fused-ring (bicyclic) bond motifs is 1. The molecule has 0 spiro atoms. The Kier molecular flexibility index (Phi) is 7.13. The molecule has 38 heavy (non-hydrogen) atoms. The van der Waals surface area contributed by atoms with Gasteiger partial charge in [-0.2, -0.15) is 0 Å². The van der Waals surface area contributed by atoms with Crippen LogP contribution in [0.25, 0.3) is 10.8 Å². The first kappa shape index (κ1) is 26.5. The molecule has 4 aromatic rings. The standard InChI is InChI=1S/C27H22Cl2N2O5S2/c28-18-6-11-21(12-7-18)37(33,34)30-26-16-25(17-5-10-20(32)15-17)27(24-4-2-1-3-23(24)26)31-38(35,36)22-13-8-19(29)9-14-22/h1-4,6-9,11-14,16-17,30-31H,5,10,15H2. The van der Waals surface area contributed by atoms with Gasteiger partial charge in [-0.25, -0.2) is 16.8 Å². The average Bonchev–Trinajstić information content (AvgIpc) is 3.31. The predicted molar refractivity (Wildman–Crippen MR) is 150 cm³/mol. The van der Waals surface area contributed by atoms with E-state index in [0.29, 0.717) is 44.9 Å². The third kappa shape index (κ3) is 5.37. The summed E-state index contributed by atoms with van der Waals surface area (Å²) in [5, 5.41) is 1.79. The first-order valence-corrected chi connectivity index (χ1v) is 15.4. The van der Waals surface area contributed by atoms with E-state index in [1.54, 1.807) is 30.3 Å². The van der Waals surface area contributed by atoms with Gasteiger partial charge in [0, 0.05) is 33.7 Å². The lowest BCUT2D eigenvalue weighted by Gasteiger charge is -2.22. The minimum Gasteiger partial charge on any atom is -0.300 e. The molecule has 0 aromatic heterocycles. The van der Waals surface area contributed by atoms with E-state index in [1.165, 1.54) is 48.5 Å². The molecule has 0 amide bonds. The highest BCUT2D eigenvalue weighted by molar-refractivity contribution is 7.93. The summed E-state index contributed by atoms with van der Waals surface area (Å²) < 4.78 is 58.6. The highest BCUT2D eigenvalue weighted by Gasteiger charge is 2.30. The van der Waals surface area contributed by atoms with E-state index in [9.17, 15) is 21.6 Å². The van der Waals surface area contributed by atoms with Crippen LogP contribution in [-0.2, 0) is 24.8 Å². The molecule has 0 bridgehead atoms. The number of ketones is 1. The van der Waals surface area contributed by atoms with Crippen LogP contribution in [0.3, 0.4) is 0 Å². The molecule has 1 aliphatic carbocycles. The molecule has 0 heterocycles. The van der Waals surface area contributed by atoms with Gasteiger partial charge in [0.1, 0.15) is 5.78 Å². The van der Waals surface area contributed by atoms with Gasteiger partial charge in [-0.15, -0.1) is 0 Å². The van der Waals surface area contributed by atoms with Gasteiger partial charge in [0.15, 0.2) is 0 Å². The number of sulfonamides is 2. The van der Waals surface area contributed by atoms with Crippen LogP contribution >= 0.6 is 23.2 Å². The van der Waals surface area contributed by atoms with Gasteiger partial charge in [-0.1, -0.05) is 47.5 Å². The summed E-state index contributed by atoms with van der Waals surface area (Å²) in [6.07, 6.45) is 1.13. The second-order valence-corrected chi connectivity index (χ2v) is 13.3. The number of hydrogen-bond donors (Lipinski definition) is 2. The van der Waals surface area contributed by atoms with Crippen molar-refractivity contribution < 1.29 is 21.6 Å². The Hall–Kier alpha value is -3.11. The Morgan fingerprint density at radius 3 is 1.76 bits per heavy atom. The maximum absolute atomic E-state index is 13.4. The monoisotopic (exact) mass is 588 g/mol. The number of Topliss-reactive ketones (excluding diaryl/α,β-unsaturated/α-hetero) is 1. The molecule has 196 valence electrons. The van der Waals surface area contributed by atoms with Crippen LogP contribution in [0, 0.1) is 0 Å². The van der Waals surface area contributed by atoms with Crippen molar-refractivity contribution in [1.82, 2.24) is 0 Å². The SMILES string of the molecule is O=C1CCC(c2cc(NS(=O)(=O)c3ccc(Cl)cc3)c3ccccc3c2NS(=O)(=O)c2ccc(Cl)cc2)C1. The molecule has 4 aromatic carbocycles. The molecule has 1 fully saturated rings. The van der Waals surface area contributed by atoms with Gasteiger partial charge in [-0.3, -0.25) is 14.2 Å². The topological polar surface area (TPSA) is 109 Å². The van der Waals surface area contributed by atoms with Crippen molar-refractivity contribution in [2.45, 2.75) is 35.0 Å². The molecule has 1 saturated carbocycles. The Morgan fingerprint density at radius 1 is 0.711 bits per heavy atom. The Morgan fingerprint density at radius 2 is 1.24 bits per heavy atom. The lowest BCUT2D eigenvalue weighted by atomic mass is 9.92. The number of carbonyl (C=O) groups excluding carboxylic acids is 1. The molecule has 0 radical (unpaired) electrons. The predicted octanol–water partition coefficient (Wildman–Crippen LogP) is 6.58. The number of benzene rings is 4. The smallest absolute Gasteiger partial charge is 0.261 e. The highest BCUT2D eigenvalue weighted by atomic mass is 35.5. The van der Waals surface area contributed by atoms with E-state index in [1.807, 2.05) is 0 Å². The lowest BCUT2D eigenvalue weighted by molar-refractivity contribution is -0.117. The number of nitrogens with one attached hydrogen (secondary N) is 2. The summed E-state index contributed by atoms with van der Waals surface area (Å²) in [6, 6.07) is 20.1. The first-order valence-electron chi connectivity index (χ1n) is 11.7. The minimum atomic E-state index is -4.03. The van der Waals surface area contributed by atoms with E-state index in [0.717, 1.165) is 0 Å². The molecule has 1 unspecified atom stereocenters. The van der Waals surface area contributed by atoms with E-state index in [4.69, 9.17) is 23.2 Å². The lowest BCUT2D eigenvalue weighted by Crippen LogP contribution is -2.17. The van der Waals surface area contributed by atoms with Crippen LogP contribution in [0.2, 0.25) is 10.0 Å². The third-order valence-electron chi connectivity index (χ3n) is 6.49. The van der Waals surface area contributed by atoms with Gasteiger partial charge in [-0.05, 0) is 72.5 Å². The summed E-state index contributed by atoms with van der Waals surface area (Å²) in [6.45, 7) is 0. The van der Waals surface area contributed by atoms with Crippen molar-refractivity contribution in [3.63, 3.8) is 0 Å². The highest BCUT2D eigenvalue weighted by Crippen LogP contribution is 2.43. The molecule has 11 heteroatoms. The van der Waals surface area contributed by atoms with Crippen LogP contribution in [0.5, 0.6) is 0 Å². The van der Waals surface area contributed by atoms with Crippen molar-refractivity contribution in [2.75, 3.05) is 9.44 Å². The molecule has 7 nitrogen and oxygen atoms in total. The quantitative estimate of drug-likeness (QED) is 0.253. The zero-order chi connectivity index (χ0) is 27.1. The first-order chi connectivity index (χ1) is 18.0. The number of halogens is 2. The third-order valence-corrected chi connectivity index (χ3v) is 9.74. The summed E-state index contributed by atoms with van der Waals surface area (Å²) in [5.74, 6) is -0.216. The Labute approximate surface area is 230 Å². The van der Waals surface area contributed by atoms with Crippen molar-refractivity contribution in [1.29, 1.82) is 0 Å². The molecular weight excluding hydrogens is 567 g/mol. The van der Waals surface area contributed by atoms with Crippen molar-refractivity contribution in [2.24, 2.45) is 0 Å². The van der Waals surface area contributed by atoms with E-state index < -0.39 is 20.0 Å². The maximum Gasteiger partial charge on any atom is 0.261 e. The van der Waals surface area contributed by atoms with Gasteiger partial charge < -0.3 is 0 Å². The fourth-order valence-electron chi connectivity index (χ4n) is 4.62. The van der Waals surface area contributed by atoms with Crippen molar-refractivity contribution in [3.8, 4) is 0 Å². The molecule has 5 rings (SSSR count). The number of carbonyl (C=O) groups is 1. The molecule has 1 aliphatic rings. The van der Waals surface area contributed by atoms with E-state index in [2.05, 4.69) is 9.44 Å². The normalized spacial score (nSPS) is 16.1. The van der Waals surface area contributed by atoms with Gasteiger partial charge in [0.25, 0.3) is 20.0 Å².